The van der Waals surface area contributed by atoms with E-state index in [1.54, 1.807) is 65.1 Å². The number of thioether (sulfide) groups is 1. The van der Waals surface area contributed by atoms with Gasteiger partial charge in [-0.05, 0) is 59.6 Å². The highest BCUT2D eigenvalue weighted by Gasteiger charge is 2.64. The number of rotatable bonds is 12. The van der Waals surface area contributed by atoms with Crippen molar-refractivity contribution in [1.82, 2.24) is 30.7 Å². The lowest BCUT2D eigenvalue weighted by atomic mass is 9.84. The molecule has 5 aliphatic heterocycles. The minimum Gasteiger partial charge on any atom is -0.480 e. The summed E-state index contributed by atoms with van der Waals surface area (Å²) in [5.41, 5.74) is 23.4. The summed E-state index contributed by atoms with van der Waals surface area (Å²) < 4.78 is 22.5. The number of piperazine rings is 1. The molecule has 7 rings (SSSR count). The number of carbonyl (C=O) groups is 6. The van der Waals surface area contributed by atoms with Crippen LogP contribution in [0.3, 0.4) is 0 Å². The Hall–Kier alpha value is -4.09. The molecule has 67 heavy (non-hydrogen) atoms. The predicted octanol–water partition coefficient (Wildman–Crippen LogP) is -4.22. The van der Waals surface area contributed by atoms with E-state index in [9.17, 15) is 49.2 Å². The minimum atomic E-state index is -1.29. The molecule has 5 heterocycles. The quantitative estimate of drug-likeness (QED) is 0.0698. The maximum absolute atomic E-state index is 13.3. The molecule has 0 aromatic heterocycles. The second-order valence-electron chi connectivity index (χ2n) is 18.4. The summed E-state index contributed by atoms with van der Waals surface area (Å²) in [6, 6.07) is 1.86. The topological polar surface area (TPSA) is 370 Å². The normalized spacial score (nSPS) is 37.7. The van der Waals surface area contributed by atoms with Crippen LogP contribution in [0.1, 0.15) is 58.6 Å². The maximum atomic E-state index is 13.3. The zero-order valence-electron chi connectivity index (χ0n) is 38.1. The van der Waals surface area contributed by atoms with E-state index >= 15 is 0 Å². The average molecular weight is 967 g/mol. The standard InChI is InChI=1S/C23H27N5O7S.C19H39N5O7/c1-4-26-10-11-27(19(32)18(26)31)22(35)25-13(12-8-6-5-7-9-12)16(29)24-14-17(30)28-15(21(33)34)23(2,3)36-20(14)28;1-19(27)7-28-18(13(26)16(19)24-2)31-15-11(23)5-10(22)14(12(15)25)30-17-9(21)4-3-8(6-20)29-17/h5-9,13-15,20H,4,10-11H2,1-3H3,(H,24,29)(H,25,35)(H,33,34);8-18,24-27H,3-7,20-23H2,1-2H3/t13-,14-,15+,20-;8-,9+,10-,11+,12-,13+,14+,15-,16+,17+,18+,19-/m10/s1. The number of aliphatic hydroxyl groups excluding tert-OH is 2. The van der Waals surface area contributed by atoms with Gasteiger partial charge in [0.2, 0.25) is 11.8 Å². The van der Waals surface area contributed by atoms with Gasteiger partial charge in [-0.1, -0.05) is 30.3 Å². The number of fused-ring (bicyclic) bond motifs is 1. The summed E-state index contributed by atoms with van der Waals surface area (Å²) in [5.74, 6) is -4.12. The highest BCUT2D eigenvalue weighted by atomic mass is 32.2. The van der Waals surface area contributed by atoms with Crippen molar-refractivity contribution >= 4 is 47.4 Å². The van der Waals surface area contributed by atoms with E-state index < -0.39 is 125 Å². The number of ether oxygens (including phenoxy) is 4. The second-order valence-corrected chi connectivity index (χ2v) is 20.1. The number of hydrogen-bond donors (Lipinski definition) is 11. The highest BCUT2D eigenvalue weighted by molar-refractivity contribution is 8.01. The van der Waals surface area contributed by atoms with Crippen molar-refractivity contribution in [2.24, 2.45) is 22.9 Å². The first-order valence-corrected chi connectivity index (χ1v) is 23.2. The first kappa shape index (κ1) is 52.3. The van der Waals surface area contributed by atoms with E-state index in [0.29, 0.717) is 31.5 Å². The maximum Gasteiger partial charge on any atom is 0.327 e. The number of β-lactam (4-membered cyclic amide) rings is 1. The van der Waals surface area contributed by atoms with Crippen molar-refractivity contribution in [1.29, 1.82) is 0 Å². The number of likely N-dealkylation sites (N-methyl/N-ethyl adjacent to an activating group) is 2. The van der Waals surface area contributed by atoms with Crippen molar-refractivity contribution in [3.8, 4) is 0 Å². The van der Waals surface area contributed by atoms with Gasteiger partial charge < -0.3 is 88.1 Å². The fourth-order valence-electron chi connectivity index (χ4n) is 9.39. The Labute approximate surface area is 392 Å². The lowest BCUT2D eigenvalue weighted by molar-refractivity contribution is -0.306. The van der Waals surface area contributed by atoms with Crippen molar-refractivity contribution in [3.05, 3.63) is 35.9 Å². The van der Waals surface area contributed by atoms with Crippen molar-refractivity contribution in [2.45, 2.75) is 148 Å². The number of hydrogen-bond acceptors (Lipinski definition) is 19. The third-order valence-electron chi connectivity index (χ3n) is 13.1. The smallest absolute Gasteiger partial charge is 0.327 e. The molecule has 15 N–H and O–H groups in total. The van der Waals surface area contributed by atoms with E-state index in [1.165, 1.54) is 21.6 Å². The van der Waals surface area contributed by atoms with Gasteiger partial charge in [0.25, 0.3) is 0 Å². The second kappa shape index (κ2) is 21.3. The molecule has 1 aromatic carbocycles. The monoisotopic (exact) mass is 966 g/mol. The molecule has 6 aliphatic rings. The molecule has 1 aliphatic carbocycles. The number of carbonyl (C=O) groups excluding carboxylic acids is 5. The molecule has 25 heteroatoms. The molecule has 1 aromatic rings. The van der Waals surface area contributed by atoms with Gasteiger partial charge in [-0.25, -0.2) is 9.59 Å². The Kier molecular flexibility index (Phi) is 16.6. The highest BCUT2D eigenvalue weighted by Crippen LogP contribution is 2.51. The largest absolute Gasteiger partial charge is 0.480 e. The number of benzene rings is 1. The number of nitrogens with zero attached hydrogens (tertiary/aromatic N) is 3. The predicted molar refractivity (Wildman–Crippen MR) is 238 cm³/mol. The Bertz CT molecular complexity index is 1970. The first-order chi connectivity index (χ1) is 31.6. The van der Waals surface area contributed by atoms with Crippen LogP contribution in [0, 0.1) is 0 Å². The summed E-state index contributed by atoms with van der Waals surface area (Å²) in [6.07, 6.45) is -4.48. The number of imide groups is 1. The average Bonchev–Trinajstić information content (AvgIpc) is 3.54. The van der Waals surface area contributed by atoms with Gasteiger partial charge in [0.15, 0.2) is 12.6 Å². The number of carboxylic acids is 1. The Balaban J connectivity index is 0.000000224. The number of nitrogens with one attached hydrogen (secondary N) is 3. The van der Waals surface area contributed by atoms with Gasteiger partial charge in [-0.2, -0.15) is 0 Å². The number of aliphatic carboxylic acids is 1. The summed E-state index contributed by atoms with van der Waals surface area (Å²) in [7, 11) is 1.62. The Morgan fingerprint density at radius 1 is 0.940 bits per heavy atom. The molecular formula is C42H66N10O14S. The van der Waals surface area contributed by atoms with Gasteiger partial charge in [0.05, 0.1) is 24.8 Å². The van der Waals surface area contributed by atoms with E-state index in [4.69, 9.17) is 41.9 Å². The van der Waals surface area contributed by atoms with Crippen LogP contribution in [-0.2, 0) is 42.9 Å². The summed E-state index contributed by atoms with van der Waals surface area (Å²) in [5, 5.41) is 49.1. The molecule has 24 nitrogen and oxygen atoms in total. The molecule has 5 saturated heterocycles. The lowest BCUT2D eigenvalue weighted by Crippen LogP contribution is -2.71. The lowest BCUT2D eigenvalue weighted by Gasteiger charge is -2.48. The third-order valence-corrected chi connectivity index (χ3v) is 14.7. The van der Waals surface area contributed by atoms with Gasteiger partial charge in [-0.3, -0.25) is 24.1 Å². The molecule has 0 radical (unpaired) electrons. The van der Waals surface area contributed by atoms with E-state index in [0.717, 1.165) is 11.3 Å². The van der Waals surface area contributed by atoms with E-state index in [-0.39, 0.29) is 31.8 Å². The van der Waals surface area contributed by atoms with Crippen LogP contribution in [0.4, 0.5) is 4.79 Å². The van der Waals surface area contributed by atoms with Crippen LogP contribution in [0.15, 0.2) is 30.3 Å². The molecule has 1 saturated carbocycles. The molecule has 16 atom stereocenters. The SMILES string of the molecule is CCN1CCN(C(=O)N[C@@H](C(=O)N[C@@H]2C(=O)N3[C@@H]2SC(C)(C)[C@@H]3C(=O)O)c2ccccc2)C(=O)C1=O.CN[C@@H]1[C@@H](O)[C@@H](O[C@@H]2[C@@H](O)[C@H](O[C@H]3O[C@H](CN)CC[C@H]3N)[C@@H](N)C[C@H]2N)OC[C@]1(C)O. The molecule has 0 bridgehead atoms. The van der Waals surface area contributed by atoms with Crippen LogP contribution < -0.4 is 38.9 Å². The zero-order chi connectivity index (χ0) is 49.3. The Morgan fingerprint density at radius 2 is 1.58 bits per heavy atom. The van der Waals surface area contributed by atoms with E-state index in [1.807, 2.05) is 0 Å². The number of nitrogens with two attached hydrogens (primary N) is 4. The van der Waals surface area contributed by atoms with E-state index in [2.05, 4.69) is 16.0 Å². The van der Waals surface area contributed by atoms with Crippen molar-refractivity contribution in [2.75, 3.05) is 39.8 Å². The molecule has 0 spiro atoms. The van der Waals surface area contributed by atoms with Gasteiger partial charge in [0.1, 0.15) is 53.5 Å². The number of carboxylic acid groups (broad SMARTS) is 1. The summed E-state index contributed by atoms with van der Waals surface area (Å²) in [6.45, 7) is 7.51. The van der Waals surface area contributed by atoms with Gasteiger partial charge >= 0.3 is 23.8 Å². The third kappa shape index (κ3) is 10.9. The number of urea groups is 1. The number of amides is 6. The van der Waals surface area contributed by atoms with Gasteiger partial charge in [0, 0.05) is 43.0 Å². The van der Waals surface area contributed by atoms with Gasteiger partial charge in [-0.15, -0.1) is 11.8 Å². The van der Waals surface area contributed by atoms with Crippen LogP contribution in [0.2, 0.25) is 0 Å². The summed E-state index contributed by atoms with van der Waals surface area (Å²) in [4.78, 5) is 78.8. The van der Waals surface area contributed by atoms with Crippen LogP contribution in [0.5, 0.6) is 0 Å². The van der Waals surface area contributed by atoms with Crippen molar-refractivity contribution in [3.63, 3.8) is 0 Å². The van der Waals surface area contributed by atoms with Crippen LogP contribution >= 0.6 is 11.8 Å². The molecular weight excluding hydrogens is 901 g/mol. The first-order valence-electron chi connectivity index (χ1n) is 22.4. The van der Waals surface area contributed by atoms with Crippen molar-refractivity contribution < 1.29 is 68.1 Å². The van der Waals surface area contributed by atoms with Crippen LogP contribution in [0.25, 0.3) is 0 Å². The fourth-order valence-corrected chi connectivity index (χ4v) is 11.0. The minimum absolute atomic E-state index is 0.0200. The fraction of sp³-hybridized carbons (Fsp3) is 0.714. The molecule has 374 valence electrons. The zero-order valence-corrected chi connectivity index (χ0v) is 39.0. The number of aliphatic hydroxyl groups is 3. The molecule has 6 fully saturated rings. The summed E-state index contributed by atoms with van der Waals surface area (Å²) >= 11 is 1.28. The Morgan fingerprint density at radius 3 is 2.18 bits per heavy atom. The van der Waals surface area contributed by atoms with Crippen LogP contribution in [-0.4, -0.2) is 206 Å². The molecule has 6 amide bonds. The molecule has 0 unspecified atom stereocenters.